The Hall–Kier alpha value is -1.40. The molecule has 0 aromatic heterocycles. The second-order valence-electron chi connectivity index (χ2n) is 5.96. The lowest BCUT2D eigenvalue weighted by atomic mass is 9.99. The molecule has 0 aromatic carbocycles. The Morgan fingerprint density at radius 1 is 1.54 bits per heavy atom. The van der Waals surface area contributed by atoms with Crippen LogP contribution in [0.4, 0.5) is 0 Å². The van der Waals surface area contributed by atoms with Gasteiger partial charge in [0.1, 0.15) is 48.0 Å². The molecule has 0 saturated carbocycles. The maximum atomic E-state index is 10.9. The molecule has 2 saturated heterocycles. The van der Waals surface area contributed by atoms with E-state index >= 15 is 0 Å². The van der Waals surface area contributed by atoms with Crippen molar-refractivity contribution in [1.29, 1.82) is 0 Å². The topological polar surface area (TPSA) is 181 Å². The van der Waals surface area contributed by atoms with Gasteiger partial charge in [0, 0.05) is 0 Å². The number of aliphatic imine (C=N–C) groups is 3. The standard InChI is InChI=1S/C11H16N5O7P/c12-8-4-9(14-3-13-8)16-10(15-4)6-5-7(17)11(23-6,1-21-5)2-22-24(18,19)20/h3-7,9,17H,1-2H2,(H,15,16)(H2,12,13,14)(H2,18,19,20)/t4?,5-,6+,7-,9?,11+/m0/s1. The highest BCUT2D eigenvalue weighted by Crippen LogP contribution is 2.45. The average molecular weight is 361 g/mol. The summed E-state index contributed by atoms with van der Waals surface area (Å²) in [6, 6.07) is -0.396. The van der Waals surface area contributed by atoms with Gasteiger partial charge >= 0.3 is 7.82 Å². The van der Waals surface area contributed by atoms with Crippen LogP contribution in [0, 0.1) is 0 Å². The molecule has 2 unspecified atom stereocenters. The summed E-state index contributed by atoms with van der Waals surface area (Å²) in [5, 5.41) is 13.4. The maximum Gasteiger partial charge on any atom is 0.469 e. The molecular formula is C11H16N5O7P. The number of rotatable bonds is 4. The number of nitrogens with one attached hydrogen (secondary N) is 1. The smallest absolute Gasteiger partial charge is 0.387 e. The van der Waals surface area contributed by atoms with Crippen molar-refractivity contribution in [2.24, 2.45) is 20.7 Å². The van der Waals surface area contributed by atoms with Crippen LogP contribution >= 0.6 is 7.82 Å². The SMILES string of the molecule is NC1=NC=NC2N=C([C@@H]3O[C@@]4(COP(=O)(O)O)CO[C@@H]3[C@@H]4O)NC12. The van der Waals surface area contributed by atoms with Crippen molar-refractivity contribution in [3.8, 4) is 0 Å². The number of hydrogen-bond donors (Lipinski definition) is 5. The number of nitrogens with two attached hydrogens (primary N) is 1. The molecule has 2 bridgehead atoms. The van der Waals surface area contributed by atoms with E-state index in [0.29, 0.717) is 11.7 Å². The molecule has 132 valence electrons. The van der Waals surface area contributed by atoms with Crippen LogP contribution in [-0.4, -0.2) is 82.2 Å². The maximum absolute atomic E-state index is 10.9. The van der Waals surface area contributed by atoms with E-state index in [9.17, 15) is 9.67 Å². The Morgan fingerprint density at radius 2 is 2.33 bits per heavy atom. The Balaban J connectivity index is 1.52. The molecule has 4 aliphatic heterocycles. The largest absolute Gasteiger partial charge is 0.469 e. The van der Waals surface area contributed by atoms with Gasteiger partial charge in [0.15, 0.2) is 6.17 Å². The van der Waals surface area contributed by atoms with Gasteiger partial charge in [-0.25, -0.2) is 19.5 Å². The molecule has 12 nitrogen and oxygen atoms in total. The van der Waals surface area contributed by atoms with E-state index in [1.807, 2.05) is 0 Å². The van der Waals surface area contributed by atoms with Gasteiger partial charge in [-0.2, -0.15) is 0 Å². The van der Waals surface area contributed by atoms with E-state index in [2.05, 4.69) is 24.8 Å². The molecule has 4 heterocycles. The molecule has 4 aliphatic rings. The minimum Gasteiger partial charge on any atom is -0.387 e. The third-order valence-corrected chi connectivity index (χ3v) is 4.86. The van der Waals surface area contributed by atoms with E-state index in [1.54, 1.807) is 0 Å². The molecular weight excluding hydrogens is 345 g/mol. The Labute approximate surface area is 135 Å². The zero-order valence-corrected chi connectivity index (χ0v) is 13.1. The molecule has 13 heteroatoms. The summed E-state index contributed by atoms with van der Waals surface area (Å²) in [6.45, 7) is -0.551. The second-order valence-corrected chi connectivity index (χ2v) is 7.20. The highest BCUT2D eigenvalue weighted by Gasteiger charge is 2.63. The fourth-order valence-electron chi connectivity index (χ4n) is 3.19. The molecule has 0 amide bonds. The number of ether oxygens (including phenoxy) is 2. The Morgan fingerprint density at radius 3 is 3.04 bits per heavy atom. The van der Waals surface area contributed by atoms with Gasteiger partial charge in [-0.3, -0.25) is 4.52 Å². The first-order valence-corrected chi connectivity index (χ1v) is 8.69. The summed E-state index contributed by atoms with van der Waals surface area (Å²) in [4.78, 5) is 30.1. The van der Waals surface area contributed by atoms with Gasteiger partial charge in [-0.15, -0.1) is 0 Å². The lowest BCUT2D eigenvalue weighted by Crippen LogP contribution is -2.51. The molecule has 0 aliphatic carbocycles. The Kier molecular flexibility index (Phi) is 3.55. The number of aliphatic hydroxyl groups excluding tert-OH is 1. The minimum absolute atomic E-state index is 0.0444. The zero-order chi connectivity index (χ0) is 17.1. The van der Waals surface area contributed by atoms with Crippen LogP contribution in [0.1, 0.15) is 0 Å². The minimum atomic E-state index is -4.70. The molecule has 0 spiro atoms. The van der Waals surface area contributed by atoms with Gasteiger partial charge in [-0.1, -0.05) is 0 Å². The predicted octanol–water partition coefficient (Wildman–Crippen LogP) is -2.91. The first kappa shape index (κ1) is 16.1. The van der Waals surface area contributed by atoms with Crippen LogP contribution < -0.4 is 11.1 Å². The fraction of sp³-hybridized carbons (Fsp3) is 0.727. The van der Waals surface area contributed by atoms with Crippen molar-refractivity contribution < 1.29 is 33.5 Å². The summed E-state index contributed by atoms with van der Waals surface area (Å²) in [5.41, 5.74) is 4.44. The Bertz CT molecular complexity index is 692. The lowest BCUT2D eigenvalue weighted by Gasteiger charge is -2.30. The lowest BCUT2D eigenvalue weighted by molar-refractivity contribution is -0.139. The summed E-state index contributed by atoms with van der Waals surface area (Å²) < 4.78 is 26.8. The monoisotopic (exact) mass is 361 g/mol. The summed E-state index contributed by atoms with van der Waals surface area (Å²) in [6.07, 6.45) is -1.75. The number of aliphatic hydroxyl groups is 1. The second kappa shape index (κ2) is 5.30. The fourth-order valence-corrected chi connectivity index (χ4v) is 3.58. The highest BCUT2D eigenvalue weighted by molar-refractivity contribution is 7.46. The van der Waals surface area contributed by atoms with Crippen molar-refractivity contribution in [1.82, 2.24) is 5.32 Å². The molecule has 2 fully saturated rings. The first-order valence-electron chi connectivity index (χ1n) is 7.16. The number of phosphoric acid groups is 1. The van der Waals surface area contributed by atoms with Crippen LogP contribution in [0.15, 0.2) is 15.0 Å². The first-order chi connectivity index (χ1) is 11.3. The number of fused-ring (bicyclic) bond motifs is 3. The number of phosphoric ester groups is 1. The van der Waals surface area contributed by atoms with Crippen LogP contribution in [0.2, 0.25) is 0 Å². The van der Waals surface area contributed by atoms with Crippen LogP contribution in [0.3, 0.4) is 0 Å². The molecule has 4 rings (SSSR count). The quantitative estimate of drug-likeness (QED) is 0.328. The van der Waals surface area contributed by atoms with Crippen molar-refractivity contribution in [2.75, 3.05) is 13.2 Å². The van der Waals surface area contributed by atoms with Gasteiger partial charge in [-0.05, 0) is 0 Å². The van der Waals surface area contributed by atoms with Gasteiger partial charge in [0.25, 0.3) is 0 Å². The van der Waals surface area contributed by atoms with Crippen LogP contribution in [-0.2, 0) is 18.6 Å². The third kappa shape index (κ3) is 2.47. The molecule has 0 radical (unpaired) electrons. The van der Waals surface area contributed by atoms with Crippen molar-refractivity contribution >= 4 is 25.8 Å². The van der Waals surface area contributed by atoms with Crippen molar-refractivity contribution in [3.63, 3.8) is 0 Å². The van der Waals surface area contributed by atoms with E-state index in [4.69, 9.17) is 25.0 Å². The predicted molar refractivity (Wildman–Crippen MR) is 79.6 cm³/mol. The summed E-state index contributed by atoms with van der Waals surface area (Å²) in [7, 11) is -4.70. The molecule has 6 N–H and O–H groups in total. The van der Waals surface area contributed by atoms with E-state index in [1.165, 1.54) is 6.34 Å². The number of amidine groups is 2. The highest BCUT2D eigenvalue weighted by atomic mass is 31.2. The number of nitrogens with zero attached hydrogens (tertiary/aromatic N) is 3. The normalized spacial score (nSPS) is 43.4. The van der Waals surface area contributed by atoms with Crippen molar-refractivity contribution in [3.05, 3.63) is 0 Å². The summed E-state index contributed by atoms with van der Waals surface area (Å²) >= 11 is 0. The van der Waals surface area contributed by atoms with E-state index in [-0.39, 0.29) is 6.61 Å². The van der Waals surface area contributed by atoms with Crippen LogP contribution in [0.5, 0.6) is 0 Å². The summed E-state index contributed by atoms with van der Waals surface area (Å²) in [5.74, 6) is 0.724. The van der Waals surface area contributed by atoms with Gasteiger partial charge < -0.3 is 35.4 Å². The van der Waals surface area contributed by atoms with Gasteiger partial charge in [0.2, 0.25) is 0 Å². The van der Waals surface area contributed by atoms with Crippen LogP contribution in [0.25, 0.3) is 0 Å². The van der Waals surface area contributed by atoms with E-state index in [0.717, 1.165) is 0 Å². The molecule has 0 aromatic rings. The third-order valence-electron chi connectivity index (χ3n) is 4.39. The molecule has 6 atom stereocenters. The van der Waals surface area contributed by atoms with Gasteiger partial charge in [0.05, 0.1) is 13.2 Å². The zero-order valence-electron chi connectivity index (χ0n) is 12.2. The van der Waals surface area contributed by atoms with Crippen molar-refractivity contribution in [2.45, 2.75) is 36.1 Å². The van der Waals surface area contributed by atoms with E-state index < -0.39 is 50.6 Å². The average Bonchev–Trinajstić information content (AvgIpc) is 3.16. The number of hydrogen-bond acceptors (Lipinski definition) is 10. The molecule has 24 heavy (non-hydrogen) atoms.